The highest BCUT2D eigenvalue weighted by molar-refractivity contribution is 7.92. The first-order valence-electron chi connectivity index (χ1n) is 7.93. The summed E-state index contributed by atoms with van der Waals surface area (Å²) in [5.74, 6) is -1.27. The summed E-state index contributed by atoms with van der Waals surface area (Å²) in [4.78, 5) is 23.4. The van der Waals surface area contributed by atoms with Crippen LogP contribution < -0.4 is 4.72 Å². The van der Waals surface area contributed by atoms with E-state index in [1.807, 2.05) is 6.07 Å². The average Bonchev–Trinajstić information content (AvgIpc) is 3.02. The number of carbonyl (C=O) groups excluding carboxylic acids is 2. The molecule has 7 nitrogen and oxygen atoms in total. The normalized spacial score (nSPS) is 16.8. The number of nitrogens with one attached hydrogen (secondary N) is 1. The second-order valence-corrected chi connectivity index (χ2v) is 7.48. The highest BCUT2D eigenvalue weighted by Crippen LogP contribution is 2.20. The van der Waals surface area contributed by atoms with Crippen LogP contribution in [0.25, 0.3) is 0 Å². The summed E-state index contributed by atoms with van der Waals surface area (Å²) in [6, 6.07) is 12.3. The number of cyclic esters (lactones) is 1. The van der Waals surface area contributed by atoms with Crippen molar-refractivity contribution in [3.63, 3.8) is 0 Å². The molecule has 2 aromatic rings. The largest absolute Gasteiger partial charge is 0.463 e. The molecular formula is C18H17NO6S. The lowest BCUT2D eigenvalue weighted by Crippen LogP contribution is -2.22. The topological polar surface area (TPSA) is 98.8 Å². The molecular weight excluding hydrogens is 358 g/mol. The van der Waals surface area contributed by atoms with Crippen molar-refractivity contribution in [1.82, 2.24) is 0 Å². The number of hydrogen-bond acceptors (Lipinski definition) is 6. The molecule has 1 saturated heterocycles. The number of ether oxygens (including phenoxy) is 2. The van der Waals surface area contributed by atoms with Crippen LogP contribution in [-0.2, 0) is 24.3 Å². The van der Waals surface area contributed by atoms with Crippen LogP contribution in [-0.4, -0.2) is 33.1 Å². The van der Waals surface area contributed by atoms with Gasteiger partial charge in [0.1, 0.15) is 0 Å². The number of hydrogen-bond donors (Lipinski definition) is 1. The molecule has 0 bridgehead atoms. The van der Waals surface area contributed by atoms with Gasteiger partial charge in [-0.15, -0.1) is 0 Å². The van der Waals surface area contributed by atoms with Crippen molar-refractivity contribution >= 4 is 27.6 Å². The van der Waals surface area contributed by atoms with Gasteiger partial charge in [-0.3, -0.25) is 4.72 Å². The lowest BCUT2D eigenvalue weighted by atomic mass is 10.2. The Bertz CT molecular complexity index is 936. The first kappa shape index (κ1) is 17.9. The summed E-state index contributed by atoms with van der Waals surface area (Å²) in [6.07, 6.45) is -0.592. The van der Waals surface area contributed by atoms with Gasteiger partial charge in [-0.1, -0.05) is 18.2 Å². The Labute approximate surface area is 151 Å². The Balaban J connectivity index is 1.73. The van der Waals surface area contributed by atoms with Gasteiger partial charge in [0.15, 0.2) is 0 Å². The predicted molar refractivity (Wildman–Crippen MR) is 93.2 cm³/mol. The number of sulfonamides is 1. The highest BCUT2D eigenvalue weighted by atomic mass is 32.2. The third kappa shape index (κ3) is 3.85. The number of carbonyl (C=O) groups is 2. The van der Waals surface area contributed by atoms with E-state index in [4.69, 9.17) is 9.47 Å². The molecule has 0 unspecified atom stereocenters. The molecule has 2 aromatic carbocycles. The van der Waals surface area contributed by atoms with Crippen LogP contribution in [0.15, 0.2) is 53.4 Å². The molecule has 0 spiro atoms. The fourth-order valence-electron chi connectivity index (χ4n) is 2.44. The number of rotatable bonds is 5. The second-order valence-electron chi connectivity index (χ2n) is 5.79. The van der Waals surface area contributed by atoms with E-state index < -0.39 is 28.1 Å². The minimum absolute atomic E-state index is 0.0116. The molecule has 0 radical (unpaired) electrons. The predicted octanol–water partition coefficient (Wildman–Crippen LogP) is 2.27. The monoisotopic (exact) mass is 375 g/mol. The first-order valence-corrected chi connectivity index (χ1v) is 9.41. The van der Waals surface area contributed by atoms with Crippen LogP contribution in [0, 0.1) is 6.92 Å². The molecule has 1 fully saturated rings. The van der Waals surface area contributed by atoms with Crippen molar-refractivity contribution in [2.75, 3.05) is 11.3 Å². The van der Waals surface area contributed by atoms with Crippen LogP contribution in [0.5, 0.6) is 0 Å². The van der Waals surface area contributed by atoms with Gasteiger partial charge in [0, 0.05) is 6.42 Å². The lowest BCUT2D eigenvalue weighted by Gasteiger charge is -2.11. The zero-order valence-corrected chi connectivity index (χ0v) is 14.8. The first-order chi connectivity index (χ1) is 12.4. The molecule has 1 N–H and O–H groups in total. The van der Waals surface area contributed by atoms with Crippen molar-refractivity contribution in [3.05, 3.63) is 59.7 Å². The van der Waals surface area contributed by atoms with Gasteiger partial charge in [-0.05, 0) is 42.8 Å². The van der Waals surface area contributed by atoms with E-state index in [9.17, 15) is 18.0 Å². The Morgan fingerprint density at radius 1 is 1.15 bits per heavy atom. The minimum Gasteiger partial charge on any atom is -0.463 e. The van der Waals surface area contributed by atoms with Crippen molar-refractivity contribution in [2.45, 2.75) is 24.3 Å². The third-order valence-corrected chi connectivity index (χ3v) is 5.31. The summed E-state index contributed by atoms with van der Waals surface area (Å²) in [5.41, 5.74) is 1.43. The molecule has 1 aliphatic heterocycles. The Kier molecular flexibility index (Phi) is 4.94. The zero-order chi connectivity index (χ0) is 18.7. The molecule has 0 amide bonds. The molecule has 1 aliphatic rings. The summed E-state index contributed by atoms with van der Waals surface area (Å²) >= 11 is 0. The van der Waals surface area contributed by atoms with E-state index in [0.29, 0.717) is 12.1 Å². The van der Waals surface area contributed by atoms with E-state index in [0.717, 1.165) is 5.56 Å². The smallest absolute Gasteiger partial charge is 0.347 e. The summed E-state index contributed by atoms with van der Waals surface area (Å²) in [7, 11) is -3.79. The quantitative estimate of drug-likeness (QED) is 0.805. The Morgan fingerprint density at radius 2 is 1.85 bits per heavy atom. The fourth-order valence-corrected chi connectivity index (χ4v) is 3.57. The molecule has 1 atom stereocenters. The van der Waals surface area contributed by atoms with Gasteiger partial charge in [0.05, 0.1) is 22.8 Å². The van der Waals surface area contributed by atoms with Gasteiger partial charge in [0.2, 0.25) is 6.10 Å². The van der Waals surface area contributed by atoms with Crippen molar-refractivity contribution < 1.29 is 27.5 Å². The van der Waals surface area contributed by atoms with Gasteiger partial charge in [0.25, 0.3) is 10.0 Å². The number of esters is 2. The second kappa shape index (κ2) is 7.17. The van der Waals surface area contributed by atoms with Gasteiger partial charge in [-0.2, -0.15) is 0 Å². The summed E-state index contributed by atoms with van der Waals surface area (Å²) < 4.78 is 37.2. The number of anilines is 1. The van der Waals surface area contributed by atoms with E-state index >= 15 is 0 Å². The third-order valence-electron chi connectivity index (χ3n) is 3.93. The van der Waals surface area contributed by atoms with E-state index in [2.05, 4.69) is 4.72 Å². The highest BCUT2D eigenvalue weighted by Gasteiger charge is 2.30. The molecule has 136 valence electrons. The number of aryl methyl sites for hydroxylation is 1. The standard InChI is InChI=1S/C18H17NO6S/c1-12-4-2-3-5-15(12)19-26(22,23)14-8-6-13(7-9-14)17(20)25-16-10-11-24-18(16)21/h2-9,16,19H,10-11H2,1H3/t16-/m0/s1. The molecule has 8 heteroatoms. The van der Waals surface area contributed by atoms with Crippen LogP contribution in [0.4, 0.5) is 5.69 Å². The molecule has 0 aromatic heterocycles. The summed E-state index contributed by atoms with van der Waals surface area (Å²) in [6.45, 7) is 2.02. The maximum absolute atomic E-state index is 12.5. The van der Waals surface area contributed by atoms with Crippen LogP contribution in [0.1, 0.15) is 22.3 Å². The molecule has 26 heavy (non-hydrogen) atoms. The van der Waals surface area contributed by atoms with Crippen LogP contribution in [0.3, 0.4) is 0 Å². The molecule has 0 saturated carbocycles. The number of para-hydroxylation sites is 1. The van der Waals surface area contributed by atoms with E-state index in [-0.39, 0.29) is 17.1 Å². The van der Waals surface area contributed by atoms with E-state index in [1.165, 1.54) is 24.3 Å². The SMILES string of the molecule is Cc1ccccc1NS(=O)(=O)c1ccc(C(=O)O[C@H]2CCOC2=O)cc1. The van der Waals surface area contributed by atoms with Crippen molar-refractivity contribution in [1.29, 1.82) is 0 Å². The van der Waals surface area contributed by atoms with Gasteiger partial charge < -0.3 is 9.47 Å². The maximum Gasteiger partial charge on any atom is 0.347 e. The van der Waals surface area contributed by atoms with E-state index in [1.54, 1.807) is 25.1 Å². The average molecular weight is 375 g/mol. The zero-order valence-electron chi connectivity index (χ0n) is 14.0. The fraction of sp³-hybridized carbons (Fsp3) is 0.222. The number of benzene rings is 2. The van der Waals surface area contributed by atoms with Crippen molar-refractivity contribution in [2.24, 2.45) is 0 Å². The Hall–Kier alpha value is -2.87. The Morgan fingerprint density at radius 3 is 2.46 bits per heavy atom. The maximum atomic E-state index is 12.5. The summed E-state index contributed by atoms with van der Waals surface area (Å²) in [5, 5.41) is 0. The molecule has 3 rings (SSSR count). The molecule has 1 heterocycles. The van der Waals surface area contributed by atoms with Crippen molar-refractivity contribution in [3.8, 4) is 0 Å². The lowest BCUT2D eigenvalue weighted by molar-refractivity contribution is -0.145. The molecule has 0 aliphatic carbocycles. The van der Waals surface area contributed by atoms with Crippen LogP contribution in [0.2, 0.25) is 0 Å². The minimum atomic E-state index is -3.79. The van der Waals surface area contributed by atoms with Crippen LogP contribution >= 0.6 is 0 Å². The van der Waals surface area contributed by atoms with Gasteiger partial charge >= 0.3 is 11.9 Å². The van der Waals surface area contributed by atoms with Gasteiger partial charge in [-0.25, -0.2) is 18.0 Å².